The summed E-state index contributed by atoms with van der Waals surface area (Å²) in [7, 11) is 0. The van der Waals surface area contributed by atoms with E-state index >= 15 is 0 Å². The number of aliphatic hydroxyl groups excluding tert-OH is 1. The number of benzene rings is 3. The van der Waals surface area contributed by atoms with Crippen molar-refractivity contribution in [2.45, 2.75) is 90.3 Å². The van der Waals surface area contributed by atoms with E-state index < -0.39 is 54.3 Å². The Hall–Kier alpha value is -4.94. The highest BCUT2D eigenvalue weighted by atomic mass is 16.6. The molecule has 54 heavy (non-hydrogen) atoms. The maximum atomic E-state index is 13.9. The van der Waals surface area contributed by atoms with Gasteiger partial charge in [-0.15, -0.1) is 0 Å². The monoisotopic (exact) mass is 743 g/mol. The zero-order valence-corrected chi connectivity index (χ0v) is 31.9. The summed E-state index contributed by atoms with van der Waals surface area (Å²) in [6, 6.07) is 24.3. The molecule has 0 aliphatic carbocycles. The van der Waals surface area contributed by atoms with Crippen LogP contribution in [-0.2, 0) is 38.5 Å². The minimum atomic E-state index is -1.30. The molecule has 5 atom stereocenters. The molecule has 4 amide bonds. The van der Waals surface area contributed by atoms with Crippen molar-refractivity contribution in [3.8, 4) is 0 Å². The number of nitrogens with one attached hydrogen (secondary N) is 4. The first-order valence-electron chi connectivity index (χ1n) is 19.0. The summed E-state index contributed by atoms with van der Waals surface area (Å²) in [5.74, 6) is -1.62. The van der Waals surface area contributed by atoms with Gasteiger partial charge >= 0.3 is 12.2 Å². The van der Waals surface area contributed by atoms with Crippen LogP contribution in [-0.4, -0.2) is 90.5 Å². The molecule has 0 saturated carbocycles. The number of aliphatic hydroxyl groups is 1. The van der Waals surface area contributed by atoms with Crippen molar-refractivity contribution in [1.82, 2.24) is 26.2 Å². The maximum Gasteiger partial charge on any atom is 0.408 e. The van der Waals surface area contributed by atoms with Gasteiger partial charge in [-0.2, -0.15) is 0 Å². The zero-order chi connectivity index (χ0) is 38.9. The van der Waals surface area contributed by atoms with Crippen LogP contribution < -0.4 is 21.3 Å². The Kier molecular flexibility index (Phi) is 16.8. The van der Waals surface area contributed by atoms with Gasteiger partial charge in [0.15, 0.2) is 0 Å². The van der Waals surface area contributed by atoms with Gasteiger partial charge in [-0.1, -0.05) is 119 Å². The van der Waals surface area contributed by atoms with E-state index in [9.17, 15) is 24.3 Å². The number of nitrogens with zero attached hydrogens (tertiary/aromatic N) is 1. The third-order valence-corrected chi connectivity index (χ3v) is 9.57. The molecular weight excluding hydrogens is 686 g/mol. The van der Waals surface area contributed by atoms with Crippen molar-refractivity contribution in [2.24, 2.45) is 11.8 Å². The molecule has 12 heteroatoms. The van der Waals surface area contributed by atoms with E-state index in [0.29, 0.717) is 6.54 Å². The van der Waals surface area contributed by atoms with Gasteiger partial charge in [0.1, 0.15) is 25.3 Å². The highest BCUT2D eigenvalue weighted by molar-refractivity contribution is 5.87. The second-order valence-corrected chi connectivity index (χ2v) is 14.6. The minimum absolute atomic E-state index is 0.0396. The van der Waals surface area contributed by atoms with Crippen LogP contribution in [0.25, 0.3) is 0 Å². The molecule has 12 nitrogen and oxygen atoms in total. The molecule has 3 aromatic rings. The predicted octanol–water partition coefficient (Wildman–Crippen LogP) is 4.60. The number of hydrogen-bond donors (Lipinski definition) is 5. The van der Waals surface area contributed by atoms with E-state index in [1.807, 2.05) is 105 Å². The Balaban J connectivity index is 1.51. The van der Waals surface area contributed by atoms with Gasteiger partial charge in [-0.3, -0.25) is 14.5 Å². The van der Waals surface area contributed by atoms with Crippen molar-refractivity contribution < 1.29 is 33.8 Å². The van der Waals surface area contributed by atoms with E-state index in [1.54, 1.807) is 13.8 Å². The first kappa shape index (κ1) is 41.8. The minimum Gasteiger partial charge on any atom is -0.448 e. The van der Waals surface area contributed by atoms with Gasteiger partial charge in [-0.25, -0.2) is 9.59 Å². The van der Waals surface area contributed by atoms with Crippen molar-refractivity contribution >= 4 is 24.0 Å². The van der Waals surface area contributed by atoms with E-state index in [2.05, 4.69) is 26.2 Å². The number of amides is 4. The molecular formula is C42H57N5O7. The van der Waals surface area contributed by atoms with Gasteiger partial charge in [0.05, 0.1) is 18.2 Å². The van der Waals surface area contributed by atoms with Crippen LogP contribution in [0.15, 0.2) is 91.0 Å². The average molecular weight is 744 g/mol. The molecule has 0 unspecified atom stereocenters. The van der Waals surface area contributed by atoms with E-state index in [-0.39, 0.29) is 37.9 Å². The number of ether oxygens (including phenoxy) is 2. The fourth-order valence-electron chi connectivity index (χ4n) is 6.48. The van der Waals surface area contributed by atoms with Crippen LogP contribution in [0, 0.1) is 11.8 Å². The fraction of sp³-hybridized carbons (Fsp3) is 0.476. The average Bonchev–Trinajstić information content (AvgIpc) is 3.69. The summed E-state index contributed by atoms with van der Waals surface area (Å²) in [4.78, 5) is 55.8. The summed E-state index contributed by atoms with van der Waals surface area (Å²) in [6.07, 6.45) is -0.00280. The Morgan fingerprint density at radius 1 is 0.611 bits per heavy atom. The van der Waals surface area contributed by atoms with Crippen LogP contribution in [0.2, 0.25) is 0 Å². The second-order valence-electron chi connectivity index (χ2n) is 14.6. The number of carbonyl (C=O) groups excluding carboxylic acids is 4. The second kappa shape index (κ2) is 21.7. The molecule has 0 radical (unpaired) electrons. The first-order chi connectivity index (χ1) is 26.0. The molecule has 1 heterocycles. The van der Waals surface area contributed by atoms with Crippen LogP contribution in [0.5, 0.6) is 0 Å². The fourth-order valence-corrected chi connectivity index (χ4v) is 6.48. The molecule has 0 spiro atoms. The van der Waals surface area contributed by atoms with Crippen molar-refractivity contribution in [3.63, 3.8) is 0 Å². The van der Waals surface area contributed by atoms with Gasteiger partial charge in [0.2, 0.25) is 11.8 Å². The lowest BCUT2D eigenvalue weighted by atomic mass is 9.91. The summed E-state index contributed by atoms with van der Waals surface area (Å²) in [5, 5.41) is 23.6. The molecule has 0 aromatic heterocycles. The van der Waals surface area contributed by atoms with Crippen LogP contribution in [0.4, 0.5) is 9.59 Å². The summed E-state index contributed by atoms with van der Waals surface area (Å²) >= 11 is 0. The first-order valence-corrected chi connectivity index (χ1v) is 19.0. The quantitative estimate of drug-likeness (QED) is 0.119. The lowest BCUT2D eigenvalue weighted by Gasteiger charge is -2.34. The van der Waals surface area contributed by atoms with E-state index in [1.165, 1.54) is 0 Å². The molecule has 1 aliphatic heterocycles. The number of carbonyl (C=O) groups is 4. The van der Waals surface area contributed by atoms with Gasteiger partial charge in [-0.05, 0) is 67.3 Å². The van der Waals surface area contributed by atoms with Gasteiger partial charge < -0.3 is 35.8 Å². The van der Waals surface area contributed by atoms with Gasteiger partial charge in [0.25, 0.3) is 0 Å². The molecule has 1 saturated heterocycles. The highest BCUT2D eigenvalue weighted by Crippen LogP contribution is 2.16. The smallest absolute Gasteiger partial charge is 0.408 e. The summed E-state index contributed by atoms with van der Waals surface area (Å²) in [6.45, 7) is 10.1. The number of rotatable bonds is 19. The standard InChI is InChI=1S/C42H57N5O7/c1-29(2)36(45-41(51)53-25-24-47-22-14-15-23-47)39(49)43-34(26-31-16-8-5-9-17-31)38(48)35(27-32-18-10-6-11-19-32)44-40(50)37(30(3)4)46-42(52)54-28-33-20-12-7-13-21-33/h5-13,16-21,29-30,34-38,48H,14-15,22-28H2,1-4H3,(H,43,49)(H,44,50)(H,45,51)(H,46,52)/t34-,35-,36-,37-,38+/m0/s1. The van der Waals surface area contributed by atoms with Crippen LogP contribution in [0.1, 0.15) is 57.2 Å². The molecule has 1 aliphatic rings. The highest BCUT2D eigenvalue weighted by Gasteiger charge is 2.36. The third-order valence-electron chi connectivity index (χ3n) is 9.57. The Labute approximate surface area is 319 Å². The lowest BCUT2D eigenvalue weighted by Crippen LogP contribution is -2.61. The molecule has 4 rings (SSSR count). The topological polar surface area (TPSA) is 158 Å². The zero-order valence-electron chi connectivity index (χ0n) is 31.9. The lowest BCUT2D eigenvalue weighted by molar-refractivity contribution is -0.126. The molecule has 3 aromatic carbocycles. The largest absolute Gasteiger partial charge is 0.448 e. The molecule has 5 N–H and O–H groups in total. The molecule has 0 bridgehead atoms. The summed E-state index contributed by atoms with van der Waals surface area (Å²) in [5.41, 5.74) is 2.51. The number of likely N-dealkylation sites (tertiary alicyclic amines) is 1. The van der Waals surface area contributed by atoms with E-state index in [0.717, 1.165) is 42.6 Å². The third kappa shape index (κ3) is 13.8. The van der Waals surface area contributed by atoms with Gasteiger partial charge in [0, 0.05) is 6.54 Å². The SMILES string of the molecule is CC(C)[C@H](NC(=O)OCCN1CCCC1)C(=O)N[C@@H](Cc1ccccc1)[C@@H](O)[C@H](Cc1ccccc1)NC(=O)[C@@H](NC(=O)OCc1ccccc1)C(C)C. The predicted molar refractivity (Wildman–Crippen MR) is 207 cm³/mol. The van der Waals surface area contributed by atoms with Crippen LogP contribution >= 0.6 is 0 Å². The molecule has 292 valence electrons. The maximum absolute atomic E-state index is 13.9. The Bertz CT molecular complexity index is 1590. The normalized spacial score (nSPS) is 15.8. The van der Waals surface area contributed by atoms with Crippen LogP contribution in [0.3, 0.4) is 0 Å². The summed E-state index contributed by atoms with van der Waals surface area (Å²) < 4.78 is 10.8. The number of alkyl carbamates (subject to hydrolysis) is 2. The number of hydrogen-bond acceptors (Lipinski definition) is 8. The van der Waals surface area contributed by atoms with Crippen molar-refractivity contribution in [2.75, 3.05) is 26.2 Å². The Morgan fingerprint density at radius 2 is 1.02 bits per heavy atom. The van der Waals surface area contributed by atoms with E-state index in [4.69, 9.17) is 9.47 Å². The molecule has 1 fully saturated rings. The van der Waals surface area contributed by atoms with Crippen molar-refractivity contribution in [3.05, 3.63) is 108 Å². The Morgan fingerprint density at radius 3 is 1.44 bits per heavy atom. The van der Waals surface area contributed by atoms with Crippen molar-refractivity contribution in [1.29, 1.82) is 0 Å².